The molecule has 3 nitrogen and oxygen atoms in total. The van der Waals surface area contributed by atoms with Gasteiger partial charge in [0.25, 0.3) is 0 Å². The second kappa shape index (κ2) is 5.69. The van der Waals surface area contributed by atoms with Gasteiger partial charge >= 0.3 is 0 Å². The molecule has 2 N–H and O–H groups in total. The molecule has 0 atom stereocenters. The van der Waals surface area contributed by atoms with E-state index in [9.17, 15) is 0 Å². The predicted octanol–water partition coefficient (Wildman–Crippen LogP) is 3.20. The van der Waals surface area contributed by atoms with Crippen LogP contribution < -0.4 is 10.6 Å². The van der Waals surface area contributed by atoms with Gasteiger partial charge in [-0.2, -0.15) is 0 Å². The smallest absolute Gasteiger partial charge is 0.0798 e. The van der Waals surface area contributed by atoms with Crippen LogP contribution in [0.4, 0.5) is 5.69 Å². The zero-order chi connectivity index (χ0) is 13.1. The van der Waals surface area contributed by atoms with E-state index in [1.807, 2.05) is 37.7 Å². The first-order valence-corrected chi connectivity index (χ1v) is 6.96. The van der Waals surface area contributed by atoms with Crippen LogP contribution in [-0.4, -0.2) is 12.0 Å². The van der Waals surface area contributed by atoms with E-state index in [4.69, 9.17) is 17.3 Å². The van der Waals surface area contributed by atoms with E-state index in [0.717, 1.165) is 28.5 Å². The summed E-state index contributed by atoms with van der Waals surface area (Å²) in [4.78, 5) is 7.64. The number of nitrogens with two attached hydrogens (primary N) is 1. The van der Waals surface area contributed by atoms with E-state index in [2.05, 4.69) is 9.88 Å². The van der Waals surface area contributed by atoms with Crippen molar-refractivity contribution in [2.75, 3.05) is 11.9 Å². The third-order valence-electron chi connectivity index (χ3n) is 2.88. The van der Waals surface area contributed by atoms with E-state index in [0.29, 0.717) is 6.54 Å². The van der Waals surface area contributed by atoms with Crippen molar-refractivity contribution < 1.29 is 0 Å². The molecule has 0 bridgehead atoms. The number of nitrogens with zero attached hydrogens (tertiary/aromatic N) is 2. The van der Waals surface area contributed by atoms with Gasteiger partial charge in [-0.05, 0) is 24.6 Å². The van der Waals surface area contributed by atoms with E-state index in [1.165, 1.54) is 4.88 Å². The van der Waals surface area contributed by atoms with Crippen LogP contribution in [0.5, 0.6) is 0 Å². The number of rotatable bonds is 4. The van der Waals surface area contributed by atoms with Crippen molar-refractivity contribution >= 4 is 28.6 Å². The molecule has 1 heterocycles. The SMILES string of the molecule is Cc1ncsc1CN(C)c1ccc(CN)cc1Cl. The highest BCUT2D eigenvalue weighted by Gasteiger charge is 2.10. The number of benzene rings is 1. The lowest BCUT2D eigenvalue weighted by molar-refractivity contribution is 0.924. The first kappa shape index (κ1) is 13.3. The topological polar surface area (TPSA) is 42.2 Å². The Morgan fingerprint density at radius 3 is 2.78 bits per heavy atom. The summed E-state index contributed by atoms with van der Waals surface area (Å²) in [5.74, 6) is 0. The highest BCUT2D eigenvalue weighted by Crippen LogP contribution is 2.28. The molecule has 0 unspecified atom stereocenters. The van der Waals surface area contributed by atoms with Crippen molar-refractivity contribution in [1.29, 1.82) is 0 Å². The molecule has 18 heavy (non-hydrogen) atoms. The maximum Gasteiger partial charge on any atom is 0.0798 e. The van der Waals surface area contributed by atoms with E-state index >= 15 is 0 Å². The maximum atomic E-state index is 6.27. The number of hydrogen-bond donors (Lipinski definition) is 1. The van der Waals surface area contributed by atoms with Gasteiger partial charge in [-0.3, -0.25) is 0 Å². The average molecular weight is 282 g/mol. The average Bonchev–Trinajstić information content (AvgIpc) is 2.74. The van der Waals surface area contributed by atoms with Crippen molar-refractivity contribution in [3.63, 3.8) is 0 Å². The minimum Gasteiger partial charge on any atom is -0.368 e. The molecule has 0 saturated carbocycles. The number of aromatic nitrogens is 1. The van der Waals surface area contributed by atoms with Crippen LogP contribution in [0.2, 0.25) is 5.02 Å². The molecule has 5 heteroatoms. The highest BCUT2D eigenvalue weighted by atomic mass is 35.5. The van der Waals surface area contributed by atoms with Gasteiger partial charge in [-0.1, -0.05) is 17.7 Å². The summed E-state index contributed by atoms with van der Waals surface area (Å²) in [5, 5.41) is 0.739. The third-order valence-corrected chi connectivity index (χ3v) is 4.11. The summed E-state index contributed by atoms with van der Waals surface area (Å²) < 4.78 is 0. The monoisotopic (exact) mass is 281 g/mol. The quantitative estimate of drug-likeness (QED) is 0.936. The molecule has 1 aromatic heterocycles. The molecule has 0 radical (unpaired) electrons. The molecular weight excluding hydrogens is 266 g/mol. The van der Waals surface area contributed by atoms with Gasteiger partial charge in [0, 0.05) is 18.5 Å². The van der Waals surface area contributed by atoms with Crippen LogP contribution in [-0.2, 0) is 13.1 Å². The normalized spacial score (nSPS) is 10.7. The number of thiazole rings is 1. The Balaban J connectivity index is 2.19. The largest absolute Gasteiger partial charge is 0.368 e. The number of aryl methyl sites for hydroxylation is 1. The zero-order valence-corrected chi connectivity index (χ0v) is 12.1. The first-order chi connectivity index (χ1) is 8.61. The minimum atomic E-state index is 0.512. The summed E-state index contributed by atoms with van der Waals surface area (Å²) in [6.07, 6.45) is 0. The van der Waals surface area contributed by atoms with Gasteiger partial charge in [0.05, 0.1) is 28.5 Å². The molecule has 0 aliphatic rings. The molecule has 2 rings (SSSR count). The summed E-state index contributed by atoms with van der Waals surface area (Å²) in [6, 6.07) is 5.95. The summed E-state index contributed by atoms with van der Waals surface area (Å²) in [5.41, 5.74) is 10.6. The molecule has 1 aromatic carbocycles. The lowest BCUT2D eigenvalue weighted by Crippen LogP contribution is -2.16. The third kappa shape index (κ3) is 2.83. The van der Waals surface area contributed by atoms with Crippen LogP contribution >= 0.6 is 22.9 Å². The summed E-state index contributed by atoms with van der Waals surface area (Å²) >= 11 is 7.94. The van der Waals surface area contributed by atoms with E-state index in [-0.39, 0.29) is 0 Å². The molecule has 2 aromatic rings. The van der Waals surface area contributed by atoms with E-state index < -0.39 is 0 Å². The molecule has 0 fully saturated rings. The Morgan fingerprint density at radius 1 is 1.44 bits per heavy atom. The van der Waals surface area contributed by atoms with Gasteiger partial charge in [0.15, 0.2) is 0 Å². The Bertz CT molecular complexity index is 539. The number of anilines is 1. The van der Waals surface area contributed by atoms with Crippen molar-refractivity contribution in [2.45, 2.75) is 20.0 Å². The van der Waals surface area contributed by atoms with Gasteiger partial charge < -0.3 is 10.6 Å². The first-order valence-electron chi connectivity index (χ1n) is 5.70. The van der Waals surface area contributed by atoms with Crippen LogP contribution in [0.1, 0.15) is 16.1 Å². The standard InChI is InChI=1S/C13H16ClN3S/c1-9-13(18-8-16-9)7-17(2)12-4-3-10(6-15)5-11(12)14/h3-5,8H,6-7,15H2,1-2H3. The fourth-order valence-corrected chi connectivity index (χ4v) is 2.94. The molecule has 0 amide bonds. The van der Waals surface area contributed by atoms with Gasteiger partial charge in [0.1, 0.15) is 0 Å². The molecule has 0 aliphatic heterocycles. The van der Waals surface area contributed by atoms with Gasteiger partial charge in [-0.15, -0.1) is 11.3 Å². The Morgan fingerprint density at radius 2 is 2.22 bits per heavy atom. The zero-order valence-electron chi connectivity index (χ0n) is 10.5. The summed E-state index contributed by atoms with van der Waals surface area (Å²) in [6.45, 7) is 3.36. The molecule has 96 valence electrons. The van der Waals surface area contributed by atoms with Crippen LogP contribution in [0.25, 0.3) is 0 Å². The van der Waals surface area contributed by atoms with E-state index in [1.54, 1.807) is 11.3 Å². The van der Waals surface area contributed by atoms with Crippen molar-refractivity contribution in [3.05, 3.63) is 44.9 Å². The molecule has 0 spiro atoms. The summed E-state index contributed by atoms with van der Waals surface area (Å²) in [7, 11) is 2.03. The van der Waals surface area contributed by atoms with Gasteiger partial charge in [0.2, 0.25) is 0 Å². The maximum absolute atomic E-state index is 6.27. The fourth-order valence-electron chi connectivity index (χ4n) is 1.77. The van der Waals surface area contributed by atoms with Gasteiger partial charge in [-0.25, -0.2) is 4.98 Å². The lowest BCUT2D eigenvalue weighted by atomic mass is 10.2. The Hall–Kier alpha value is -1.10. The lowest BCUT2D eigenvalue weighted by Gasteiger charge is -2.20. The van der Waals surface area contributed by atoms with Crippen molar-refractivity contribution in [3.8, 4) is 0 Å². The minimum absolute atomic E-state index is 0.512. The van der Waals surface area contributed by atoms with Crippen molar-refractivity contribution in [1.82, 2.24) is 4.98 Å². The Kier molecular flexibility index (Phi) is 4.22. The second-order valence-corrected chi connectivity index (χ2v) is 5.55. The van der Waals surface area contributed by atoms with Crippen LogP contribution in [0.15, 0.2) is 23.7 Å². The number of hydrogen-bond acceptors (Lipinski definition) is 4. The van der Waals surface area contributed by atoms with Crippen molar-refractivity contribution in [2.24, 2.45) is 5.73 Å². The molecule has 0 saturated heterocycles. The number of halogens is 1. The van der Waals surface area contributed by atoms with Crippen LogP contribution in [0, 0.1) is 6.92 Å². The highest BCUT2D eigenvalue weighted by molar-refractivity contribution is 7.09. The van der Waals surface area contributed by atoms with Crippen LogP contribution in [0.3, 0.4) is 0 Å². The molecule has 0 aliphatic carbocycles. The predicted molar refractivity (Wildman–Crippen MR) is 78.3 cm³/mol. The Labute approximate surface area is 116 Å². The second-order valence-electron chi connectivity index (χ2n) is 4.21. The fraction of sp³-hybridized carbons (Fsp3) is 0.308. The molecular formula is C13H16ClN3S.